The van der Waals surface area contributed by atoms with Crippen molar-refractivity contribution in [3.8, 4) is 0 Å². The first kappa shape index (κ1) is 13.1. The van der Waals surface area contributed by atoms with Crippen LogP contribution in [0.2, 0.25) is 0 Å². The molecule has 1 aromatic heterocycles. The molecule has 4 nitrogen and oxygen atoms in total. The zero-order valence-electron chi connectivity index (χ0n) is 11.0. The number of carboxylic acids is 1. The molecule has 2 aliphatic rings. The Kier molecular flexibility index (Phi) is 3.86. The van der Waals surface area contributed by atoms with E-state index in [1.54, 1.807) is 11.4 Å². The average Bonchev–Trinajstić information content (AvgIpc) is 3.03. The molecule has 2 saturated heterocycles. The molecule has 0 amide bonds. The highest BCUT2D eigenvalue weighted by molar-refractivity contribution is 7.10. The van der Waals surface area contributed by atoms with Crippen LogP contribution in [-0.2, 0) is 6.54 Å². The molecular formula is C14H20N2O2S. The van der Waals surface area contributed by atoms with Gasteiger partial charge < -0.3 is 10.4 Å². The fourth-order valence-electron chi connectivity index (χ4n) is 3.30. The molecule has 2 unspecified atom stereocenters. The molecule has 3 rings (SSSR count). The van der Waals surface area contributed by atoms with Crippen molar-refractivity contribution in [3.63, 3.8) is 0 Å². The van der Waals surface area contributed by atoms with Gasteiger partial charge in [-0.3, -0.25) is 4.90 Å². The molecule has 1 aromatic rings. The number of carboxylic acid groups (broad SMARTS) is 1. The zero-order chi connectivity index (χ0) is 13.2. The minimum atomic E-state index is -0.832. The summed E-state index contributed by atoms with van der Waals surface area (Å²) in [5.41, 5.74) is 0.410. The Morgan fingerprint density at radius 2 is 2.32 bits per heavy atom. The lowest BCUT2D eigenvalue weighted by atomic mass is 9.99. The normalized spacial score (nSPS) is 27.4. The monoisotopic (exact) mass is 280 g/mol. The van der Waals surface area contributed by atoms with Gasteiger partial charge in [-0.05, 0) is 31.9 Å². The number of aromatic carboxylic acids is 1. The van der Waals surface area contributed by atoms with Gasteiger partial charge in [0.25, 0.3) is 0 Å². The predicted molar refractivity (Wildman–Crippen MR) is 75.7 cm³/mol. The summed E-state index contributed by atoms with van der Waals surface area (Å²) in [6.45, 7) is 3.27. The first-order valence-corrected chi connectivity index (χ1v) is 7.90. The van der Waals surface area contributed by atoms with Gasteiger partial charge in [0.15, 0.2) is 0 Å². The van der Waals surface area contributed by atoms with Crippen LogP contribution in [0.25, 0.3) is 0 Å². The second-order valence-corrected chi connectivity index (χ2v) is 6.48. The molecule has 19 heavy (non-hydrogen) atoms. The Balaban J connectivity index is 1.55. The maximum Gasteiger partial charge on any atom is 0.336 e. The summed E-state index contributed by atoms with van der Waals surface area (Å²) in [5.74, 6) is -0.832. The van der Waals surface area contributed by atoms with E-state index in [2.05, 4.69) is 10.2 Å². The number of rotatable bonds is 4. The van der Waals surface area contributed by atoms with Gasteiger partial charge in [0.1, 0.15) is 0 Å². The fraction of sp³-hybridized carbons (Fsp3) is 0.643. The van der Waals surface area contributed by atoms with Crippen molar-refractivity contribution in [2.45, 2.75) is 44.3 Å². The van der Waals surface area contributed by atoms with Crippen molar-refractivity contribution in [1.29, 1.82) is 0 Å². The van der Waals surface area contributed by atoms with E-state index in [1.165, 1.54) is 50.1 Å². The summed E-state index contributed by atoms with van der Waals surface area (Å²) in [6, 6.07) is 3.07. The van der Waals surface area contributed by atoms with E-state index in [-0.39, 0.29) is 0 Å². The van der Waals surface area contributed by atoms with E-state index in [4.69, 9.17) is 5.11 Å². The van der Waals surface area contributed by atoms with Crippen LogP contribution < -0.4 is 5.32 Å². The summed E-state index contributed by atoms with van der Waals surface area (Å²) in [5, 5.41) is 14.3. The lowest BCUT2D eigenvalue weighted by Crippen LogP contribution is -2.44. The van der Waals surface area contributed by atoms with Gasteiger partial charge in [-0.2, -0.15) is 0 Å². The van der Waals surface area contributed by atoms with Crippen molar-refractivity contribution in [3.05, 3.63) is 21.9 Å². The molecule has 0 bridgehead atoms. The SMILES string of the molecule is O=C(O)c1csc(CNC2CCN3CCCCC23)c1. The minimum Gasteiger partial charge on any atom is -0.478 e. The lowest BCUT2D eigenvalue weighted by Gasteiger charge is -2.32. The number of thiophene rings is 1. The van der Waals surface area contributed by atoms with Gasteiger partial charge in [-0.1, -0.05) is 6.42 Å². The molecule has 2 fully saturated rings. The standard InChI is InChI=1S/C14H20N2O2S/c17-14(18)10-7-11(19-9-10)8-15-12-4-6-16-5-2-1-3-13(12)16/h7,9,12-13,15H,1-6,8H2,(H,17,18). The maximum absolute atomic E-state index is 10.8. The number of fused-ring (bicyclic) bond motifs is 1. The van der Waals surface area contributed by atoms with E-state index in [1.807, 2.05) is 0 Å². The number of hydrogen-bond donors (Lipinski definition) is 2. The van der Waals surface area contributed by atoms with Crippen LogP contribution in [0.4, 0.5) is 0 Å². The number of carbonyl (C=O) groups is 1. The Bertz CT molecular complexity index is 460. The number of nitrogens with zero attached hydrogens (tertiary/aromatic N) is 1. The highest BCUT2D eigenvalue weighted by Crippen LogP contribution is 2.27. The third-order valence-corrected chi connectivity index (χ3v) is 5.23. The molecule has 5 heteroatoms. The highest BCUT2D eigenvalue weighted by Gasteiger charge is 2.34. The summed E-state index contributed by atoms with van der Waals surface area (Å²) in [4.78, 5) is 14.6. The molecule has 3 heterocycles. The van der Waals surface area contributed by atoms with Crippen molar-refractivity contribution in [1.82, 2.24) is 10.2 Å². The van der Waals surface area contributed by atoms with Gasteiger partial charge >= 0.3 is 5.97 Å². The quantitative estimate of drug-likeness (QED) is 0.887. The third-order valence-electron chi connectivity index (χ3n) is 4.30. The van der Waals surface area contributed by atoms with E-state index in [9.17, 15) is 4.79 Å². The van der Waals surface area contributed by atoms with E-state index in [0.29, 0.717) is 17.6 Å². The summed E-state index contributed by atoms with van der Waals surface area (Å²) < 4.78 is 0. The molecule has 0 aliphatic carbocycles. The first-order valence-electron chi connectivity index (χ1n) is 7.02. The molecular weight excluding hydrogens is 260 g/mol. The molecule has 0 aromatic carbocycles. The van der Waals surface area contributed by atoms with Gasteiger partial charge in [-0.15, -0.1) is 11.3 Å². The van der Waals surface area contributed by atoms with Crippen LogP contribution in [0.1, 0.15) is 40.9 Å². The van der Waals surface area contributed by atoms with Gasteiger partial charge in [0, 0.05) is 35.4 Å². The Labute approximate surface area is 117 Å². The van der Waals surface area contributed by atoms with Crippen LogP contribution in [0.5, 0.6) is 0 Å². The molecule has 0 spiro atoms. The Morgan fingerprint density at radius 1 is 1.42 bits per heavy atom. The van der Waals surface area contributed by atoms with Gasteiger partial charge in [0.05, 0.1) is 5.56 Å². The van der Waals surface area contributed by atoms with Crippen molar-refractivity contribution >= 4 is 17.3 Å². The number of nitrogens with one attached hydrogen (secondary N) is 1. The highest BCUT2D eigenvalue weighted by atomic mass is 32.1. The number of hydrogen-bond acceptors (Lipinski definition) is 4. The van der Waals surface area contributed by atoms with Crippen molar-refractivity contribution in [2.24, 2.45) is 0 Å². The topological polar surface area (TPSA) is 52.6 Å². The molecule has 0 saturated carbocycles. The largest absolute Gasteiger partial charge is 0.478 e. The van der Waals surface area contributed by atoms with Gasteiger partial charge in [-0.25, -0.2) is 4.79 Å². The van der Waals surface area contributed by atoms with Crippen molar-refractivity contribution in [2.75, 3.05) is 13.1 Å². The van der Waals surface area contributed by atoms with Crippen LogP contribution in [0, 0.1) is 0 Å². The molecule has 2 aliphatic heterocycles. The number of piperidine rings is 1. The molecule has 0 radical (unpaired) electrons. The van der Waals surface area contributed by atoms with Crippen LogP contribution in [-0.4, -0.2) is 41.1 Å². The zero-order valence-corrected chi connectivity index (χ0v) is 11.8. The van der Waals surface area contributed by atoms with E-state index < -0.39 is 5.97 Å². The van der Waals surface area contributed by atoms with Crippen LogP contribution in [0.3, 0.4) is 0 Å². The molecule has 2 N–H and O–H groups in total. The molecule has 104 valence electrons. The maximum atomic E-state index is 10.8. The second kappa shape index (κ2) is 5.61. The van der Waals surface area contributed by atoms with E-state index in [0.717, 1.165) is 11.4 Å². The first-order chi connectivity index (χ1) is 9.24. The summed E-state index contributed by atoms with van der Waals surface area (Å²) >= 11 is 1.53. The average molecular weight is 280 g/mol. The van der Waals surface area contributed by atoms with Crippen molar-refractivity contribution < 1.29 is 9.90 Å². The Hall–Kier alpha value is -0.910. The van der Waals surface area contributed by atoms with Gasteiger partial charge in [0.2, 0.25) is 0 Å². The Morgan fingerprint density at radius 3 is 3.11 bits per heavy atom. The smallest absolute Gasteiger partial charge is 0.336 e. The second-order valence-electron chi connectivity index (χ2n) is 5.48. The lowest BCUT2D eigenvalue weighted by molar-refractivity contribution is 0.0697. The fourth-order valence-corrected chi connectivity index (χ4v) is 4.11. The molecule has 2 atom stereocenters. The minimum absolute atomic E-state index is 0.410. The van der Waals surface area contributed by atoms with Crippen LogP contribution >= 0.6 is 11.3 Å². The predicted octanol–water partition coefficient (Wildman–Crippen LogP) is 2.16. The van der Waals surface area contributed by atoms with Crippen LogP contribution in [0.15, 0.2) is 11.4 Å². The third kappa shape index (κ3) is 2.83. The summed E-state index contributed by atoms with van der Waals surface area (Å²) in [6.07, 6.45) is 5.22. The van der Waals surface area contributed by atoms with E-state index >= 15 is 0 Å². The summed E-state index contributed by atoms with van der Waals surface area (Å²) in [7, 11) is 0.